The van der Waals surface area contributed by atoms with E-state index in [2.05, 4.69) is 14.9 Å². The summed E-state index contributed by atoms with van der Waals surface area (Å²) in [7, 11) is 0. The molecule has 1 aliphatic heterocycles. The Bertz CT molecular complexity index is 951. The molecule has 4 rings (SSSR count). The monoisotopic (exact) mass is 451 g/mol. The number of hydrogen-bond acceptors (Lipinski definition) is 5. The van der Waals surface area contributed by atoms with Crippen LogP contribution in [0.2, 0.25) is 10.0 Å². The van der Waals surface area contributed by atoms with E-state index in [9.17, 15) is 9.18 Å². The number of nitrogens with two attached hydrogens (primary N) is 1. The molecule has 0 radical (unpaired) electrons. The lowest BCUT2D eigenvalue weighted by Crippen LogP contribution is -2.51. The first kappa shape index (κ1) is 21.3. The van der Waals surface area contributed by atoms with E-state index >= 15 is 0 Å². The van der Waals surface area contributed by atoms with Gasteiger partial charge in [-0.1, -0.05) is 36.2 Å². The zero-order valence-corrected chi connectivity index (χ0v) is 18.2. The first-order valence-corrected chi connectivity index (χ1v) is 10.8. The van der Waals surface area contributed by atoms with Crippen LogP contribution < -0.4 is 10.6 Å². The van der Waals surface area contributed by atoms with Gasteiger partial charge in [0.2, 0.25) is 5.91 Å². The second-order valence-corrected chi connectivity index (χ2v) is 8.69. The van der Waals surface area contributed by atoms with Crippen LogP contribution in [-0.2, 0) is 4.79 Å². The summed E-state index contributed by atoms with van der Waals surface area (Å²) < 4.78 is 14.2. The van der Waals surface area contributed by atoms with E-state index < -0.39 is 12.1 Å². The summed E-state index contributed by atoms with van der Waals surface area (Å²) >= 11 is 12.1. The van der Waals surface area contributed by atoms with Crippen molar-refractivity contribution in [1.29, 1.82) is 0 Å². The molecule has 0 bridgehead atoms. The quantitative estimate of drug-likeness (QED) is 0.766. The second-order valence-electron chi connectivity index (χ2n) is 7.87. The third-order valence-corrected chi connectivity index (χ3v) is 6.75. The topological polar surface area (TPSA) is 75.4 Å². The number of carbonyl (C=O) groups is 1. The van der Waals surface area contributed by atoms with Crippen LogP contribution in [-0.4, -0.2) is 53.5 Å². The number of fused-ring (bicyclic) bond motifs is 1. The fourth-order valence-corrected chi connectivity index (χ4v) is 4.69. The van der Waals surface area contributed by atoms with E-state index in [1.54, 1.807) is 18.2 Å². The van der Waals surface area contributed by atoms with Gasteiger partial charge in [0, 0.05) is 38.3 Å². The zero-order chi connectivity index (χ0) is 21.4. The molecule has 0 saturated carbocycles. The minimum atomic E-state index is -1.03. The first-order chi connectivity index (χ1) is 14.4. The molecule has 160 valence electrons. The summed E-state index contributed by atoms with van der Waals surface area (Å²) in [6.45, 7) is 4.53. The minimum Gasteiger partial charge on any atom is -0.353 e. The Labute approximate surface area is 185 Å². The Hall–Kier alpha value is -1.96. The number of hydrogen-bond donors (Lipinski definition) is 1. The highest BCUT2D eigenvalue weighted by atomic mass is 35.5. The van der Waals surface area contributed by atoms with Crippen LogP contribution in [0.15, 0.2) is 24.5 Å². The van der Waals surface area contributed by atoms with Gasteiger partial charge in [-0.2, -0.15) is 0 Å². The Balaban J connectivity index is 1.47. The number of alkyl halides is 1. The molecule has 2 heterocycles. The highest BCUT2D eigenvalue weighted by molar-refractivity contribution is 6.42. The van der Waals surface area contributed by atoms with E-state index in [-0.39, 0.29) is 18.4 Å². The lowest BCUT2D eigenvalue weighted by Gasteiger charge is -2.37. The normalized spacial score (nSPS) is 22.2. The molecule has 0 spiro atoms. The first-order valence-electron chi connectivity index (χ1n) is 10.1. The van der Waals surface area contributed by atoms with Crippen molar-refractivity contribution in [2.75, 3.05) is 37.6 Å². The molecular formula is C21H24Cl2FN5O. The van der Waals surface area contributed by atoms with Crippen molar-refractivity contribution in [3.8, 4) is 0 Å². The molecule has 1 amide bonds. The summed E-state index contributed by atoms with van der Waals surface area (Å²) in [4.78, 5) is 25.7. The van der Waals surface area contributed by atoms with Crippen LogP contribution in [0.3, 0.4) is 0 Å². The Morgan fingerprint density at radius 2 is 1.97 bits per heavy atom. The minimum absolute atomic E-state index is 0.0272. The Morgan fingerprint density at radius 1 is 1.23 bits per heavy atom. The number of carbonyl (C=O) groups excluding carboxylic acids is 1. The van der Waals surface area contributed by atoms with Gasteiger partial charge in [-0.25, -0.2) is 14.4 Å². The average Bonchev–Trinajstić information content (AvgIpc) is 3.05. The number of nitrogens with zero attached hydrogens (tertiary/aromatic N) is 4. The maximum atomic E-state index is 14.2. The molecule has 2 aliphatic rings. The summed E-state index contributed by atoms with van der Waals surface area (Å²) in [6.07, 6.45) is 0.850. The lowest BCUT2D eigenvalue weighted by molar-refractivity contribution is -0.132. The molecule has 9 heteroatoms. The highest BCUT2D eigenvalue weighted by Crippen LogP contribution is 2.44. The van der Waals surface area contributed by atoms with Crippen LogP contribution in [0.5, 0.6) is 0 Å². The van der Waals surface area contributed by atoms with Crippen molar-refractivity contribution in [3.05, 3.63) is 51.4 Å². The molecule has 2 N–H and O–H groups in total. The zero-order valence-electron chi connectivity index (χ0n) is 16.7. The van der Waals surface area contributed by atoms with Gasteiger partial charge < -0.3 is 15.5 Å². The van der Waals surface area contributed by atoms with E-state index in [1.807, 2.05) is 11.8 Å². The van der Waals surface area contributed by atoms with Gasteiger partial charge in [0.1, 0.15) is 18.3 Å². The van der Waals surface area contributed by atoms with Gasteiger partial charge in [-0.3, -0.25) is 4.79 Å². The second kappa shape index (κ2) is 8.65. The highest BCUT2D eigenvalue weighted by Gasteiger charge is 2.35. The van der Waals surface area contributed by atoms with E-state index in [0.717, 1.165) is 16.9 Å². The molecule has 1 aliphatic carbocycles. The van der Waals surface area contributed by atoms with Gasteiger partial charge in [0.05, 0.1) is 21.7 Å². The van der Waals surface area contributed by atoms with Crippen molar-refractivity contribution >= 4 is 34.9 Å². The molecule has 1 unspecified atom stereocenters. The Kier molecular flexibility index (Phi) is 6.14. The van der Waals surface area contributed by atoms with Crippen molar-refractivity contribution in [1.82, 2.24) is 14.9 Å². The number of amides is 1. The van der Waals surface area contributed by atoms with Crippen molar-refractivity contribution in [2.45, 2.75) is 31.4 Å². The number of aromatic nitrogens is 2. The fraction of sp³-hybridized carbons (Fsp3) is 0.476. The lowest BCUT2D eigenvalue weighted by atomic mass is 9.97. The van der Waals surface area contributed by atoms with Crippen LogP contribution in [0.1, 0.15) is 48.2 Å². The van der Waals surface area contributed by atoms with E-state index in [0.29, 0.717) is 48.3 Å². The van der Waals surface area contributed by atoms with E-state index in [1.165, 1.54) is 6.33 Å². The van der Waals surface area contributed by atoms with Crippen molar-refractivity contribution in [2.24, 2.45) is 5.73 Å². The third-order valence-electron chi connectivity index (χ3n) is 6.01. The van der Waals surface area contributed by atoms with Gasteiger partial charge in [0.25, 0.3) is 0 Å². The van der Waals surface area contributed by atoms with Crippen LogP contribution >= 0.6 is 23.2 Å². The molecule has 6 nitrogen and oxygen atoms in total. The predicted molar refractivity (Wildman–Crippen MR) is 116 cm³/mol. The molecular weight excluding hydrogens is 428 g/mol. The van der Waals surface area contributed by atoms with Crippen molar-refractivity contribution in [3.63, 3.8) is 0 Å². The molecule has 1 aromatic carbocycles. The van der Waals surface area contributed by atoms with Gasteiger partial charge in [-0.05, 0) is 30.0 Å². The van der Waals surface area contributed by atoms with E-state index in [4.69, 9.17) is 28.9 Å². The smallest absolute Gasteiger partial charge is 0.231 e. The molecule has 1 fully saturated rings. The van der Waals surface area contributed by atoms with Crippen molar-refractivity contribution < 1.29 is 9.18 Å². The van der Waals surface area contributed by atoms with Crippen LogP contribution in [0, 0.1) is 0 Å². The number of anilines is 1. The SMILES string of the molecule is C[C@@H]1C[C@H](F)c2ncnc(N3CCN(C(=O)C(CN)c4ccc(Cl)c(Cl)c4)CC3)c21. The largest absolute Gasteiger partial charge is 0.353 e. The number of halogens is 3. The predicted octanol–water partition coefficient (Wildman–Crippen LogP) is 3.69. The van der Waals surface area contributed by atoms with Gasteiger partial charge >= 0.3 is 0 Å². The molecule has 2 aromatic rings. The third kappa shape index (κ3) is 3.86. The van der Waals surface area contributed by atoms with Gasteiger partial charge in [-0.15, -0.1) is 0 Å². The Morgan fingerprint density at radius 3 is 2.63 bits per heavy atom. The van der Waals surface area contributed by atoms with Crippen LogP contribution in [0.4, 0.5) is 10.2 Å². The van der Waals surface area contributed by atoms with Gasteiger partial charge in [0.15, 0.2) is 0 Å². The summed E-state index contributed by atoms with van der Waals surface area (Å²) in [6, 6.07) is 5.18. The number of piperazine rings is 1. The fourth-order valence-electron chi connectivity index (χ4n) is 4.38. The van der Waals surface area contributed by atoms with Crippen LogP contribution in [0.25, 0.3) is 0 Å². The summed E-state index contributed by atoms with van der Waals surface area (Å²) in [5, 5.41) is 0.850. The standard InChI is InChI=1S/C21H24Cl2FN5O/c1-12-8-17(24)19-18(12)20(27-11-26-19)28-4-6-29(7-5-28)21(30)14(10-25)13-2-3-15(22)16(23)9-13/h2-3,9,11-12,14,17H,4-8,10,25H2,1H3/t12-,14?,17+/m1/s1. The molecule has 3 atom stereocenters. The number of benzene rings is 1. The summed E-state index contributed by atoms with van der Waals surface area (Å²) in [5.74, 6) is 0.379. The average molecular weight is 452 g/mol. The number of rotatable bonds is 4. The maximum absolute atomic E-state index is 14.2. The molecule has 30 heavy (non-hydrogen) atoms. The summed E-state index contributed by atoms with van der Waals surface area (Å²) in [5.41, 5.74) is 8.09. The maximum Gasteiger partial charge on any atom is 0.231 e. The molecule has 1 saturated heterocycles. The molecule has 1 aromatic heterocycles.